The van der Waals surface area contributed by atoms with Crippen molar-refractivity contribution in [3.63, 3.8) is 0 Å². The largest absolute Gasteiger partial charge is 0.336 e. The quantitative estimate of drug-likeness (QED) is 0.390. The van der Waals surface area contributed by atoms with Crippen LogP contribution in [0.2, 0.25) is 5.02 Å². The second-order valence-electron chi connectivity index (χ2n) is 6.86. The first-order chi connectivity index (χ1) is 14.5. The fraction of sp³-hybridized carbons (Fsp3) is 0.0435. The number of halogens is 2. The first-order valence-electron chi connectivity index (χ1n) is 9.21. The van der Waals surface area contributed by atoms with Gasteiger partial charge >= 0.3 is 5.69 Å². The molecule has 5 rings (SSSR count). The van der Waals surface area contributed by atoms with E-state index in [0.717, 1.165) is 14.7 Å². The van der Waals surface area contributed by atoms with Crippen molar-refractivity contribution in [3.8, 4) is 5.69 Å². The van der Waals surface area contributed by atoms with Gasteiger partial charge in [-0.25, -0.2) is 13.8 Å². The number of hydrogen-bond acceptors (Lipinski definition) is 3. The van der Waals surface area contributed by atoms with Crippen LogP contribution >= 0.6 is 22.9 Å². The van der Waals surface area contributed by atoms with Gasteiger partial charge in [0.2, 0.25) is 0 Å². The molecule has 0 N–H and O–H groups in total. The number of aromatic nitrogens is 2. The number of hydrogen-bond donors (Lipinski definition) is 0. The van der Waals surface area contributed by atoms with Crippen molar-refractivity contribution < 1.29 is 4.39 Å². The first kappa shape index (κ1) is 18.8. The summed E-state index contributed by atoms with van der Waals surface area (Å²) in [6.07, 6.45) is 0. The third kappa shape index (κ3) is 2.96. The molecule has 0 aliphatic heterocycles. The zero-order valence-corrected chi connectivity index (χ0v) is 17.1. The standard InChI is InChI=1S/C23H14ClFN2O2S/c24-15-7-5-8-16(12-15)27-22(28)21-20(17-9-2-4-11-19(17)30-21)26(23(27)29)13-14-6-1-3-10-18(14)25/h1-12H,13H2. The van der Waals surface area contributed by atoms with Gasteiger partial charge in [-0.2, -0.15) is 0 Å². The minimum Gasteiger partial charge on any atom is -0.287 e. The van der Waals surface area contributed by atoms with Gasteiger partial charge in [-0.15, -0.1) is 11.3 Å². The van der Waals surface area contributed by atoms with E-state index in [1.165, 1.54) is 22.0 Å². The zero-order valence-electron chi connectivity index (χ0n) is 15.5. The predicted molar refractivity (Wildman–Crippen MR) is 120 cm³/mol. The van der Waals surface area contributed by atoms with Crippen molar-refractivity contribution in [1.82, 2.24) is 9.13 Å². The molecule has 0 atom stereocenters. The smallest absolute Gasteiger partial charge is 0.287 e. The fourth-order valence-electron chi connectivity index (χ4n) is 3.64. The Hall–Kier alpha value is -3.22. The molecular weight excluding hydrogens is 423 g/mol. The number of thiophene rings is 1. The molecular formula is C23H14ClFN2O2S. The van der Waals surface area contributed by atoms with Gasteiger partial charge < -0.3 is 0 Å². The molecule has 0 bridgehead atoms. The Bertz CT molecular complexity index is 1550. The summed E-state index contributed by atoms with van der Waals surface area (Å²) in [7, 11) is 0. The van der Waals surface area contributed by atoms with E-state index in [4.69, 9.17) is 11.6 Å². The molecule has 3 aromatic carbocycles. The van der Waals surface area contributed by atoms with Crippen LogP contribution in [0.4, 0.5) is 4.39 Å². The molecule has 7 heteroatoms. The van der Waals surface area contributed by atoms with Crippen molar-refractivity contribution in [2.45, 2.75) is 6.54 Å². The zero-order chi connectivity index (χ0) is 20.8. The average molecular weight is 437 g/mol. The molecule has 0 spiro atoms. The van der Waals surface area contributed by atoms with Crippen molar-refractivity contribution in [2.24, 2.45) is 0 Å². The van der Waals surface area contributed by atoms with Gasteiger partial charge in [0.1, 0.15) is 10.5 Å². The van der Waals surface area contributed by atoms with E-state index in [1.807, 2.05) is 24.3 Å². The van der Waals surface area contributed by atoms with Gasteiger partial charge in [0.05, 0.1) is 17.7 Å². The maximum absolute atomic E-state index is 14.4. The molecule has 2 heterocycles. The monoisotopic (exact) mass is 436 g/mol. The van der Waals surface area contributed by atoms with Crippen molar-refractivity contribution >= 4 is 43.2 Å². The van der Waals surface area contributed by atoms with Gasteiger partial charge in [-0.1, -0.05) is 54.1 Å². The Morgan fingerprint density at radius 2 is 1.70 bits per heavy atom. The average Bonchev–Trinajstić information content (AvgIpc) is 3.13. The van der Waals surface area contributed by atoms with Gasteiger partial charge in [-0.3, -0.25) is 9.36 Å². The van der Waals surface area contributed by atoms with E-state index < -0.39 is 17.1 Å². The molecule has 0 saturated carbocycles. The second-order valence-corrected chi connectivity index (χ2v) is 8.35. The molecule has 4 nitrogen and oxygen atoms in total. The van der Waals surface area contributed by atoms with Crippen LogP contribution in [0, 0.1) is 5.82 Å². The Morgan fingerprint density at radius 1 is 0.933 bits per heavy atom. The highest BCUT2D eigenvalue weighted by molar-refractivity contribution is 7.25. The van der Waals surface area contributed by atoms with Crippen LogP contribution in [0.15, 0.2) is 82.4 Å². The lowest BCUT2D eigenvalue weighted by Crippen LogP contribution is -2.38. The van der Waals surface area contributed by atoms with Crippen LogP contribution in [0.5, 0.6) is 0 Å². The molecule has 0 fully saturated rings. The molecule has 0 aliphatic carbocycles. The molecule has 0 radical (unpaired) electrons. The predicted octanol–water partition coefficient (Wildman–Crippen LogP) is 5.21. The molecule has 0 unspecified atom stereocenters. The lowest BCUT2D eigenvalue weighted by atomic mass is 10.2. The SMILES string of the molecule is O=c1c2sc3ccccc3c2n(Cc2ccccc2F)c(=O)n1-c1cccc(Cl)c1. The van der Waals surface area contributed by atoms with E-state index in [0.29, 0.717) is 26.5 Å². The van der Waals surface area contributed by atoms with E-state index >= 15 is 0 Å². The van der Waals surface area contributed by atoms with Crippen molar-refractivity contribution in [3.05, 3.63) is 110 Å². The van der Waals surface area contributed by atoms with Crippen LogP contribution in [-0.2, 0) is 6.54 Å². The van der Waals surface area contributed by atoms with E-state index in [1.54, 1.807) is 42.5 Å². The second kappa shape index (κ2) is 7.23. The van der Waals surface area contributed by atoms with Crippen LogP contribution in [0.25, 0.3) is 26.0 Å². The van der Waals surface area contributed by atoms with E-state index in [-0.39, 0.29) is 6.54 Å². The van der Waals surface area contributed by atoms with E-state index in [9.17, 15) is 14.0 Å². The Labute approximate surface area is 179 Å². The van der Waals surface area contributed by atoms with Crippen molar-refractivity contribution in [2.75, 3.05) is 0 Å². The number of nitrogens with zero attached hydrogens (tertiary/aromatic N) is 2. The summed E-state index contributed by atoms with van der Waals surface area (Å²) >= 11 is 7.42. The van der Waals surface area contributed by atoms with Crippen LogP contribution in [-0.4, -0.2) is 9.13 Å². The normalized spacial score (nSPS) is 11.4. The highest BCUT2D eigenvalue weighted by atomic mass is 35.5. The summed E-state index contributed by atoms with van der Waals surface area (Å²) in [6, 6.07) is 20.4. The van der Waals surface area contributed by atoms with Crippen molar-refractivity contribution in [1.29, 1.82) is 0 Å². The Balaban J connectivity index is 1.92. The summed E-state index contributed by atoms with van der Waals surface area (Å²) in [5.74, 6) is -0.405. The lowest BCUT2D eigenvalue weighted by Gasteiger charge is -2.13. The minimum atomic E-state index is -0.540. The lowest BCUT2D eigenvalue weighted by molar-refractivity contribution is 0.595. The molecule has 0 amide bonds. The Morgan fingerprint density at radius 3 is 2.50 bits per heavy atom. The first-order valence-corrected chi connectivity index (χ1v) is 10.4. The van der Waals surface area contributed by atoms with E-state index in [2.05, 4.69) is 0 Å². The molecule has 0 saturated heterocycles. The summed E-state index contributed by atoms with van der Waals surface area (Å²) in [4.78, 5) is 26.9. The maximum Gasteiger partial charge on any atom is 0.336 e. The van der Waals surface area contributed by atoms with Gasteiger partial charge in [0, 0.05) is 20.7 Å². The Kier molecular flexibility index (Phi) is 4.53. The summed E-state index contributed by atoms with van der Waals surface area (Å²) in [5.41, 5.74) is 0.309. The number of benzene rings is 3. The minimum absolute atomic E-state index is 0.00355. The van der Waals surface area contributed by atoms with Gasteiger partial charge in [-0.05, 0) is 30.3 Å². The molecule has 2 aromatic heterocycles. The van der Waals surface area contributed by atoms with Gasteiger partial charge in [0.15, 0.2) is 0 Å². The third-order valence-electron chi connectivity index (χ3n) is 5.01. The maximum atomic E-state index is 14.4. The molecule has 148 valence electrons. The highest BCUT2D eigenvalue weighted by Gasteiger charge is 2.20. The van der Waals surface area contributed by atoms with Crippen LogP contribution < -0.4 is 11.2 Å². The number of rotatable bonds is 3. The van der Waals surface area contributed by atoms with Gasteiger partial charge in [0.25, 0.3) is 5.56 Å². The highest BCUT2D eigenvalue weighted by Crippen LogP contribution is 2.31. The molecule has 0 aliphatic rings. The van der Waals surface area contributed by atoms with Crippen LogP contribution in [0.1, 0.15) is 5.56 Å². The topological polar surface area (TPSA) is 44.0 Å². The molecule has 30 heavy (non-hydrogen) atoms. The third-order valence-corrected chi connectivity index (χ3v) is 6.39. The summed E-state index contributed by atoms with van der Waals surface area (Å²) in [6.45, 7) is 0.00355. The fourth-order valence-corrected chi connectivity index (χ4v) is 4.96. The van der Waals surface area contributed by atoms with Crippen LogP contribution in [0.3, 0.4) is 0 Å². The summed E-state index contributed by atoms with van der Waals surface area (Å²) < 4.78 is 18.3. The number of fused-ring (bicyclic) bond motifs is 3. The molecule has 5 aromatic rings. The summed E-state index contributed by atoms with van der Waals surface area (Å²) in [5, 5.41) is 1.21.